The molecule has 1 aliphatic rings. The molecule has 1 amide bonds. The zero-order chi connectivity index (χ0) is 13.1. The fourth-order valence-electron chi connectivity index (χ4n) is 2.46. The van der Waals surface area contributed by atoms with Crippen molar-refractivity contribution in [3.63, 3.8) is 0 Å². The van der Waals surface area contributed by atoms with Crippen molar-refractivity contribution in [2.45, 2.75) is 33.2 Å². The molecule has 1 saturated heterocycles. The molecule has 1 fully saturated rings. The molecular weight excluding hydrogens is 244 g/mol. The van der Waals surface area contributed by atoms with Crippen molar-refractivity contribution in [2.24, 2.45) is 11.8 Å². The van der Waals surface area contributed by atoms with Gasteiger partial charge < -0.3 is 10.6 Å². The van der Waals surface area contributed by atoms with E-state index in [2.05, 4.69) is 43.5 Å². The summed E-state index contributed by atoms with van der Waals surface area (Å²) in [6, 6.07) is 4.50. The monoisotopic (exact) mass is 266 g/mol. The third-order valence-corrected chi connectivity index (χ3v) is 4.57. The van der Waals surface area contributed by atoms with Gasteiger partial charge >= 0.3 is 0 Å². The lowest BCUT2D eigenvalue weighted by Crippen LogP contribution is -2.40. The molecule has 0 radical (unpaired) electrons. The zero-order valence-electron chi connectivity index (χ0n) is 11.3. The molecule has 2 N–H and O–H groups in total. The van der Waals surface area contributed by atoms with Crippen molar-refractivity contribution in [1.29, 1.82) is 0 Å². The van der Waals surface area contributed by atoms with Crippen LogP contribution >= 0.6 is 11.3 Å². The van der Waals surface area contributed by atoms with Crippen LogP contribution in [0.5, 0.6) is 0 Å². The summed E-state index contributed by atoms with van der Waals surface area (Å²) in [5.74, 6) is 0.784. The van der Waals surface area contributed by atoms with Crippen LogP contribution in [0.25, 0.3) is 0 Å². The van der Waals surface area contributed by atoms with Gasteiger partial charge in [-0.15, -0.1) is 11.3 Å². The summed E-state index contributed by atoms with van der Waals surface area (Å²) in [6.45, 7) is 8.11. The Kier molecular flexibility index (Phi) is 4.40. The first-order valence-electron chi connectivity index (χ1n) is 6.62. The molecular formula is C14H22N2OS. The lowest BCUT2D eigenvalue weighted by Gasteiger charge is -2.18. The minimum atomic E-state index is 0.137. The number of thiophene rings is 1. The van der Waals surface area contributed by atoms with Crippen LogP contribution in [0.3, 0.4) is 0 Å². The molecule has 3 nitrogen and oxygen atoms in total. The number of aryl methyl sites for hydroxylation is 1. The van der Waals surface area contributed by atoms with E-state index in [4.69, 9.17) is 0 Å². The Morgan fingerprint density at radius 2 is 2.33 bits per heavy atom. The van der Waals surface area contributed by atoms with Crippen LogP contribution in [0, 0.1) is 18.8 Å². The van der Waals surface area contributed by atoms with E-state index < -0.39 is 0 Å². The molecule has 1 aromatic heterocycles. The highest BCUT2D eigenvalue weighted by Gasteiger charge is 2.29. The Balaban J connectivity index is 1.83. The van der Waals surface area contributed by atoms with E-state index in [1.54, 1.807) is 0 Å². The lowest BCUT2D eigenvalue weighted by atomic mass is 9.97. The van der Waals surface area contributed by atoms with E-state index in [0.717, 1.165) is 19.5 Å². The molecule has 3 atom stereocenters. The van der Waals surface area contributed by atoms with E-state index in [-0.39, 0.29) is 17.9 Å². The van der Waals surface area contributed by atoms with Crippen molar-refractivity contribution in [2.75, 3.05) is 13.1 Å². The first-order valence-corrected chi connectivity index (χ1v) is 7.44. The maximum Gasteiger partial charge on any atom is 0.224 e. The number of amides is 1. The van der Waals surface area contributed by atoms with Crippen LogP contribution in [0.1, 0.15) is 23.6 Å². The van der Waals surface area contributed by atoms with Gasteiger partial charge in [0, 0.05) is 28.8 Å². The molecule has 0 aliphatic carbocycles. The minimum absolute atomic E-state index is 0.137. The Morgan fingerprint density at radius 3 is 2.89 bits per heavy atom. The third kappa shape index (κ3) is 3.33. The molecule has 1 aromatic rings. The van der Waals surface area contributed by atoms with Crippen molar-refractivity contribution in [3.8, 4) is 0 Å². The molecule has 4 heteroatoms. The molecule has 0 bridgehead atoms. The van der Waals surface area contributed by atoms with Gasteiger partial charge in [0.05, 0.1) is 5.92 Å². The van der Waals surface area contributed by atoms with Crippen molar-refractivity contribution < 1.29 is 4.79 Å². The van der Waals surface area contributed by atoms with Gasteiger partial charge in [-0.2, -0.15) is 0 Å². The molecule has 18 heavy (non-hydrogen) atoms. The summed E-state index contributed by atoms with van der Waals surface area (Å²) in [4.78, 5) is 14.8. The molecule has 100 valence electrons. The van der Waals surface area contributed by atoms with E-state index in [1.165, 1.54) is 9.75 Å². The standard InChI is InChI=1S/C14H22N2OS/c1-9-7-15-8-13(9)14(17)16-10(2)6-12-5-4-11(3)18-12/h4-5,9-10,13,15H,6-8H2,1-3H3,(H,16,17). The summed E-state index contributed by atoms with van der Waals surface area (Å²) in [7, 11) is 0. The number of carbonyl (C=O) groups is 1. The molecule has 0 saturated carbocycles. The highest BCUT2D eigenvalue weighted by molar-refractivity contribution is 7.11. The zero-order valence-corrected chi connectivity index (χ0v) is 12.1. The highest BCUT2D eigenvalue weighted by Crippen LogP contribution is 2.18. The second kappa shape index (κ2) is 5.85. The van der Waals surface area contributed by atoms with Gasteiger partial charge in [0.25, 0.3) is 0 Å². The Morgan fingerprint density at radius 1 is 1.56 bits per heavy atom. The second-order valence-corrected chi connectivity index (χ2v) is 6.74. The van der Waals surface area contributed by atoms with E-state index >= 15 is 0 Å². The van der Waals surface area contributed by atoms with Crippen LogP contribution in [0.15, 0.2) is 12.1 Å². The number of rotatable bonds is 4. The predicted molar refractivity (Wildman–Crippen MR) is 75.9 cm³/mol. The van der Waals surface area contributed by atoms with E-state index in [0.29, 0.717) is 5.92 Å². The number of nitrogens with one attached hydrogen (secondary N) is 2. The lowest BCUT2D eigenvalue weighted by molar-refractivity contribution is -0.126. The molecule has 2 rings (SSSR count). The van der Waals surface area contributed by atoms with Crippen molar-refractivity contribution in [3.05, 3.63) is 21.9 Å². The molecule has 1 aliphatic heterocycles. The van der Waals surface area contributed by atoms with Gasteiger partial charge in [-0.1, -0.05) is 6.92 Å². The van der Waals surface area contributed by atoms with Gasteiger partial charge in [-0.25, -0.2) is 0 Å². The topological polar surface area (TPSA) is 41.1 Å². The maximum absolute atomic E-state index is 12.1. The Hall–Kier alpha value is -0.870. The minimum Gasteiger partial charge on any atom is -0.353 e. The molecule has 0 aromatic carbocycles. The fourth-order valence-corrected chi connectivity index (χ4v) is 3.48. The summed E-state index contributed by atoms with van der Waals surface area (Å²) >= 11 is 1.81. The van der Waals surface area contributed by atoms with Gasteiger partial charge in [0.15, 0.2) is 0 Å². The quantitative estimate of drug-likeness (QED) is 0.874. The molecule has 2 heterocycles. The molecule has 3 unspecified atom stereocenters. The average molecular weight is 266 g/mol. The second-order valence-electron chi connectivity index (χ2n) is 5.37. The summed E-state index contributed by atoms with van der Waals surface area (Å²) in [5, 5.41) is 6.41. The van der Waals surface area contributed by atoms with Crippen LogP contribution in [-0.2, 0) is 11.2 Å². The smallest absolute Gasteiger partial charge is 0.224 e. The van der Waals surface area contributed by atoms with Gasteiger partial charge in [0.2, 0.25) is 5.91 Å². The van der Waals surface area contributed by atoms with Crippen molar-refractivity contribution in [1.82, 2.24) is 10.6 Å². The van der Waals surface area contributed by atoms with Crippen LogP contribution in [0.4, 0.5) is 0 Å². The maximum atomic E-state index is 12.1. The SMILES string of the molecule is Cc1ccc(CC(C)NC(=O)C2CNCC2C)s1. The first kappa shape index (κ1) is 13.6. The Labute approximate surface area is 113 Å². The van der Waals surface area contributed by atoms with Crippen molar-refractivity contribution >= 4 is 17.2 Å². The van der Waals surface area contributed by atoms with E-state index in [9.17, 15) is 4.79 Å². The first-order chi connectivity index (χ1) is 8.56. The van der Waals surface area contributed by atoms with E-state index in [1.807, 2.05) is 11.3 Å². The normalized spacial score (nSPS) is 25.1. The van der Waals surface area contributed by atoms with Gasteiger partial charge in [-0.3, -0.25) is 4.79 Å². The number of carbonyl (C=O) groups excluding carboxylic acids is 1. The highest BCUT2D eigenvalue weighted by atomic mass is 32.1. The predicted octanol–water partition coefficient (Wildman–Crippen LogP) is 1.96. The summed E-state index contributed by atoms with van der Waals surface area (Å²) < 4.78 is 0. The Bertz CT molecular complexity index is 416. The largest absolute Gasteiger partial charge is 0.353 e. The summed E-state index contributed by atoms with van der Waals surface area (Å²) in [5.41, 5.74) is 0. The summed E-state index contributed by atoms with van der Waals surface area (Å²) in [6.07, 6.45) is 0.929. The van der Waals surface area contributed by atoms with Gasteiger partial charge in [-0.05, 0) is 38.4 Å². The fraction of sp³-hybridized carbons (Fsp3) is 0.643. The van der Waals surface area contributed by atoms with Crippen LogP contribution in [0.2, 0.25) is 0 Å². The van der Waals surface area contributed by atoms with Crippen LogP contribution in [-0.4, -0.2) is 25.0 Å². The number of hydrogen-bond donors (Lipinski definition) is 2. The van der Waals surface area contributed by atoms with Gasteiger partial charge in [0.1, 0.15) is 0 Å². The number of hydrogen-bond acceptors (Lipinski definition) is 3. The van der Waals surface area contributed by atoms with Crippen LogP contribution < -0.4 is 10.6 Å². The average Bonchev–Trinajstić information content (AvgIpc) is 2.87. The third-order valence-electron chi connectivity index (χ3n) is 3.55. The molecule has 0 spiro atoms.